The van der Waals surface area contributed by atoms with E-state index in [2.05, 4.69) is 25.0 Å². The minimum Gasteiger partial charge on any atom is -0.481 e. The van der Waals surface area contributed by atoms with Crippen molar-refractivity contribution in [2.45, 2.75) is 25.8 Å². The van der Waals surface area contributed by atoms with Crippen molar-refractivity contribution in [3.63, 3.8) is 0 Å². The minimum absolute atomic E-state index is 0.00526. The zero-order valence-corrected chi connectivity index (χ0v) is 18.0. The van der Waals surface area contributed by atoms with Gasteiger partial charge < -0.3 is 19.9 Å². The molecule has 0 unspecified atom stereocenters. The highest BCUT2D eigenvalue weighted by atomic mass is 19.4. The summed E-state index contributed by atoms with van der Waals surface area (Å²) in [6.07, 6.45) is -3.34. The molecule has 0 saturated heterocycles. The van der Waals surface area contributed by atoms with Gasteiger partial charge in [0.15, 0.2) is 5.82 Å². The Bertz CT molecular complexity index is 1110. The standard InChI is InChI=1S/C22H21F3N4O4/c1-21(2,31)12-27-20(30)17-10-16(13-4-7-15(8-5-13)33-22(23,24)25)28-19(29-17)14-6-9-18(32-3)26-11-14/h4-11,31H,12H2,1-3H3,(H,27,30). The quantitative estimate of drug-likeness (QED) is 0.552. The highest BCUT2D eigenvalue weighted by Gasteiger charge is 2.31. The van der Waals surface area contributed by atoms with Crippen LogP contribution in [0.4, 0.5) is 13.2 Å². The monoisotopic (exact) mass is 462 g/mol. The number of carbonyl (C=O) groups is 1. The molecule has 2 heterocycles. The second kappa shape index (κ2) is 9.41. The molecule has 3 aromatic rings. The molecule has 11 heteroatoms. The van der Waals surface area contributed by atoms with Gasteiger partial charge in [-0.05, 0) is 50.2 Å². The van der Waals surface area contributed by atoms with E-state index in [4.69, 9.17) is 4.74 Å². The van der Waals surface area contributed by atoms with E-state index in [-0.39, 0.29) is 23.8 Å². The molecule has 2 aromatic heterocycles. The van der Waals surface area contributed by atoms with Crippen LogP contribution in [0.15, 0.2) is 48.7 Å². The Hall–Kier alpha value is -3.73. The van der Waals surface area contributed by atoms with Crippen LogP contribution in [0.3, 0.4) is 0 Å². The van der Waals surface area contributed by atoms with Crippen LogP contribution in [-0.2, 0) is 0 Å². The number of amides is 1. The van der Waals surface area contributed by atoms with E-state index in [1.54, 1.807) is 12.1 Å². The van der Waals surface area contributed by atoms with Crippen molar-refractivity contribution in [3.8, 4) is 34.3 Å². The molecule has 0 aliphatic carbocycles. The number of rotatable bonds is 7. The molecule has 3 rings (SSSR count). The van der Waals surface area contributed by atoms with Gasteiger partial charge >= 0.3 is 6.36 Å². The number of aliphatic hydroxyl groups is 1. The van der Waals surface area contributed by atoms with Crippen molar-refractivity contribution >= 4 is 5.91 Å². The van der Waals surface area contributed by atoms with Gasteiger partial charge in [0.2, 0.25) is 5.88 Å². The number of benzene rings is 1. The molecule has 0 aliphatic rings. The van der Waals surface area contributed by atoms with Gasteiger partial charge in [-0.1, -0.05) is 0 Å². The normalized spacial score (nSPS) is 11.7. The van der Waals surface area contributed by atoms with Gasteiger partial charge in [0, 0.05) is 29.9 Å². The number of nitrogens with one attached hydrogen (secondary N) is 1. The maximum Gasteiger partial charge on any atom is 0.573 e. The number of methoxy groups -OCH3 is 1. The number of halogens is 3. The second-order valence-corrected chi connectivity index (χ2v) is 7.62. The summed E-state index contributed by atoms with van der Waals surface area (Å²) in [5, 5.41) is 12.5. The minimum atomic E-state index is -4.81. The van der Waals surface area contributed by atoms with Gasteiger partial charge in [-0.15, -0.1) is 13.2 Å². The lowest BCUT2D eigenvalue weighted by Crippen LogP contribution is -2.38. The second-order valence-electron chi connectivity index (χ2n) is 7.62. The van der Waals surface area contributed by atoms with Gasteiger partial charge in [0.1, 0.15) is 11.4 Å². The fourth-order valence-corrected chi connectivity index (χ4v) is 2.69. The number of alkyl halides is 3. The Kier molecular flexibility index (Phi) is 6.82. The molecule has 0 atom stereocenters. The average molecular weight is 462 g/mol. The van der Waals surface area contributed by atoms with E-state index < -0.39 is 17.9 Å². The Morgan fingerprint density at radius 1 is 1.06 bits per heavy atom. The molecule has 0 bridgehead atoms. The number of pyridine rings is 1. The van der Waals surface area contributed by atoms with Gasteiger partial charge in [0.25, 0.3) is 5.91 Å². The molecule has 0 radical (unpaired) electrons. The third kappa shape index (κ3) is 6.88. The van der Waals surface area contributed by atoms with Crippen molar-refractivity contribution in [2.75, 3.05) is 13.7 Å². The fourth-order valence-electron chi connectivity index (χ4n) is 2.69. The Balaban J connectivity index is 2.00. The van der Waals surface area contributed by atoms with Crippen LogP contribution < -0.4 is 14.8 Å². The topological polar surface area (TPSA) is 106 Å². The summed E-state index contributed by atoms with van der Waals surface area (Å²) >= 11 is 0. The first-order valence-electron chi connectivity index (χ1n) is 9.70. The first-order chi connectivity index (χ1) is 15.4. The van der Waals surface area contributed by atoms with Crippen LogP contribution >= 0.6 is 0 Å². The van der Waals surface area contributed by atoms with Crippen LogP contribution in [0.5, 0.6) is 11.6 Å². The number of ether oxygens (including phenoxy) is 2. The zero-order valence-electron chi connectivity index (χ0n) is 18.0. The summed E-state index contributed by atoms with van der Waals surface area (Å²) in [4.78, 5) is 25.5. The number of carbonyl (C=O) groups excluding carboxylic acids is 1. The first kappa shape index (κ1) is 23.9. The van der Waals surface area contributed by atoms with Gasteiger partial charge in [-0.2, -0.15) is 0 Å². The van der Waals surface area contributed by atoms with Crippen LogP contribution in [0.25, 0.3) is 22.6 Å². The number of hydrogen-bond donors (Lipinski definition) is 2. The van der Waals surface area contributed by atoms with Crippen LogP contribution in [0.2, 0.25) is 0 Å². The van der Waals surface area contributed by atoms with Crippen molar-refractivity contribution in [1.82, 2.24) is 20.3 Å². The molecule has 33 heavy (non-hydrogen) atoms. The fraction of sp³-hybridized carbons (Fsp3) is 0.273. The Labute approximate surface area is 187 Å². The molecule has 1 aromatic carbocycles. The predicted molar refractivity (Wildman–Crippen MR) is 113 cm³/mol. The van der Waals surface area contributed by atoms with Crippen molar-refractivity contribution in [3.05, 3.63) is 54.4 Å². The maximum atomic E-state index is 12.7. The third-order valence-corrected chi connectivity index (χ3v) is 4.23. The molecule has 0 aliphatic heterocycles. The summed E-state index contributed by atoms with van der Waals surface area (Å²) in [6.45, 7) is 3.06. The first-order valence-corrected chi connectivity index (χ1v) is 9.70. The highest BCUT2D eigenvalue weighted by Crippen LogP contribution is 2.27. The zero-order chi connectivity index (χ0) is 24.2. The SMILES string of the molecule is COc1ccc(-c2nc(C(=O)NCC(C)(C)O)cc(-c3ccc(OC(F)(F)F)cc3)n2)cn1. The molecule has 2 N–H and O–H groups in total. The van der Waals surface area contributed by atoms with E-state index in [9.17, 15) is 23.1 Å². The van der Waals surface area contributed by atoms with E-state index in [1.165, 1.54) is 45.4 Å². The Morgan fingerprint density at radius 3 is 2.27 bits per heavy atom. The maximum absolute atomic E-state index is 12.7. The molecule has 0 fully saturated rings. The van der Waals surface area contributed by atoms with E-state index >= 15 is 0 Å². The summed E-state index contributed by atoms with van der Waals surface area (Å²) < 4.78 is 46.2. The lowest BCUT2D eigenvalue weighted by Gasteiger charge is -2.17. The Morgan fingerprint density at radius 2 is 1.73 bits per heavy atom. The number of hydrogen-bond acceptors (Lipinski definition) is 7. The van der Waals surface area contributed by atoms with Crippen molar-refractivity contribution in [2.24, 2.45) is 0 Å². The van der Waals surface area contributed by atoms with Gasteiger partial charge in [-0.3, -0.25) is 4.79 Å². The van der Waals surface area contributed by atoms with Gasteiger partial charge in [0.05, 0.1) is 18.4 Å². The smallest absolute Gasteiger partial charge is 0.481 e. The van der Waals surface area contributed by atoms with Gasteiger partial charge in [-0.25, -0.2) is 15.0 Å². The third-order valence-electron chi connectivity index (χ3n) is 4.23. The van der Waals surface area contributed by atoms with E-state index in [0.717, 1.165) is 12.1 Å². The largest absolute Gasteiger partial charge is 0.573 e. The molecular formula is C22H21F3N4O4. The lowest BCUT2D eigenvalue weighted by molar-refractivity contribution is -0.274. The highest BCUT2D eigenvalue weighted by molar-refractivity contribution is 5.93. The molecule has 0 spiro atoms. The summed E-state index contributed by atoms with van der Waals surface area (Å²) in [6, 6.07) is 9.73. The summed E-state index contributed by atoms with van der Waals surface area (Å²) in [5.41, 5.74) is 0.0913. The number of nitrogens with zero attached hydrogens (tertiary/aromatic N) is 3. The van der Waals surface area contributed by atoms with Crippen molar-refractivity contribution in [1.29, 1.82) is 0 Å². The molecule has 8 nitrogen and oxygen atoms in total. The number of aromatic nitrogens is 3. The van der Waals surface area contributed by atoms with E-state index in [0.29, 0.717) is 22.7 Å². The average Bonchev–Trinajstić information content (AvgIpc) is 2.76. The van der Waals surface area contributed by atoms with Crippen LogP contribution in [0.1, 0.15) is 24.3 Å². The summed E-state index contributed by atoms with van der Waals surface area (Å²) in [5.74, 6) is -0.395. The lowest BCUT2D eigenvalue weighted by atomic mass is 10.1. The predicted octanol–water partition coefficient (Wildman–Crippen LogP) is 3.61. The summed E-state index contributed by atoms with van der Waals surface area (Å²) in [7, 11) is 1.47. The van der Waals surface area contributed by atoms with Crippen molar-refractivity contribution < 1.29 is 32.5 Å². The van der Waals surface area contributed by atoms with Crippen LogP contribution in [-0.4, -0.2) is 51.6 Å². The molecule has 0 saturated carbocycles. The van der Waals surface area contributed by atoms with Crippen LogP contribution in [0, 0.1) is 0 Å². The molecule has 174 valence electrons. The molecule has 1 amide bonds. The molecular weight excluding hydrogens is 441 g/mol. The van der Waals surface area contributed by atoms with E-state index in [1.807, 2.05) is 0 Å².